The first-order valence-electron chi connectivity index (χ1n) is 7.21. The molecule has 0 bridgehead atoms. The van der Waals surface area contributed by atoms with Crippen LogP contribution in [-0.2, 0) is 11.3 Å². The normalized spacial score (nSPS) is 23.4. The van der Waals surface area contributed by atoms with Gasteiger partial charge in [-0.3, -0.25) is 0 Å². The molecule has 1 aromatic rings. The van der Waals surface area contributed by atoms with E-state index in [4.69, 9.17) is 9.15 Å². The standard InChI is InChI=1S/C14H21F3N2O2/c1-20-7-6-18-9-13-19-8-12(21-13)10-2-4-11(5-3-10)14(15,16)17/h8,10-11,18H,2-7,9H2,1H3. The molecule has 0 aliphatic heterocycles. The maximum Gasteiger partial charge on any atom is 0.391 e. The highest BCUT2D eigenvalue weighted by Crippen LogP contribution is 2.42. The minimum Gasteiger partial charge on any atom is -0.444 e. The Morgan fingerprint density at radius 1 is 1.33 bits per heavy atom. The van der Waals surface area contributed by atoms with Crippen LogP contribution in [-0.4, -0.2) is 31.4 Å². The molecule has 0 aromatic carbocycles. The second-order valence-electron chi connectivity index (χ2n) is 5.42. The molecule has 21 heavy (non-hydrogen) atoms. The van der Waals surface area contributed by atoms with Crippen LogP contribution in [0.2, 0.25) is 0 Å². The van der Waals surface area contributed by atoms with E-state index in [9.17, 15) is 13.2 Å². The number of nitrogens with zero attached hydrogens (tertiary/aromatic N) is 1. The lowest BCUT2D eigenvalue weighted by Gasteiger charge is -2.28. The molecule has 120 valence electrons. The van der Waals surface area contributed by atoms with E-state index < -0.39 is 12.1 Å². The molecule has 1 aliphatic carbocycles. The summed E-state index contributed by atoms with van der Waals surface area (Å²) in [6, 6.07) is 0. The van der Waals surface area contributed by atoms with Gasteiger partial charge in [0.05, 0.1) is 25.3 Å². The smallest absolute Gasteiger partial charge is 0.391 e. The minimum absolute atomic E-state index is 0.0591. The molecule has 1 fully saturated rings. The number of methoxy groups -OCH3 is 1. The van der Waals surface area contributed by atoms with Crippen LogP contribution in [0.5, 0.6) is 0 Å². The molecule has 0 atom stereocenters. The summed E-state index contributed by atoms with van der Waals surface area (Å²) in [7, 11) is 1.63. The molecule has 1 N–H and O–H groups in total. The second-order valence-corrected chi connectivity index (χ2v) is 5.42. The second kappa shape index (κ2) is 7.26. The lowest BCUT2D eigenvalue weighted by atomic mass is 9.81. The lowest BCUT2D eigenvalue weighted by molar-refractivity contribution is -0.182. The third kappa shape index (κ3) is 4.71. The Kier molecular flexibility index (Phi) is 5.64. The SMILES string of the molecule is COCCNCc1ncc(C2CCC(C(F)(F)F)CC2)o1. The summed E-state index contributed by atoms with van der Waals surface area (Å²) < 4.78 is 48.4. The van der Waals surface area contributed by atoms with Gasteiger partial charge in [-0.05, 0) is 25.7 Å². The first kappa shape index (κ1) is 16.3. The van der Waals surface area contributed by atoms with Crippen molar-refractivity contribution in [2.75, 3.05) is 20.3 Å². The summed E-state index contributed by atoms with van der Waals surface area (Å²) in [5, 5.41) is 3.12. The molecule has 1 heterocycles. The highest BCUT2D eigenvalue weighted by molar-refractivity contribution is 5.03. The number of halogens is 3. The number of rotatable bonds is 6. The number of hydrogen-bond donors (Lipinski definition) is 1. The van der Waals surface area contributed by atoms with Gasteiger partial charge in [-0.1, -0.05) is 0 Å². The van der Waals surface area contributed by atoms with Crippen molar-refractivity contribution in [2.45, 2.75) is 44.3 Å². The first-order chi connectivity index (χ1) is 10.0. The molecule has 4 nitrogen and oxygen atoms in total. The molecule has 0 saturated heterocycles. The monoisotopic (exact) mass is 306 g/mol. The zero-order chi connectivity index (χ0) is 15.3. The number of ether oxygens (including phenoxy) is 1. The number of alkyl halides is 3. The number of oxazole rings is 1. The molecule has 2 rings (SSSR count). The first-order valence-corrected chi connectivity index (χ1v) is 7.21. The molecule has 1 aromatic heterocycles. The van der Waals surface area contributed by atoms with E-state index in [0.29, 0.717) is 44.2 Å². The molecule has 0 spiro atoms. The van der Waals surface area contributed by atoms with Crippen molar-refractivity contribution < 1.29 is 22.3 Å². The van der Waals surface area contributed by atoms with Crippen LogP contribution in [0, 0.1) is 5.92 Å². The molecule has 0 amide bonds. The number of nitrogens with one attached hydrogen (secondary N) is 1. The maximum absolute atomic E-state index is 12.6. The Balaban J connectivity index is 1.80. The summed E-state index contributed by atoms with van der Waals surface area (Å²) in [6.45, 7) is 1.81. The highest BCUT2D eigenvalue weighted by atomic mass is 19.4. The predicted molar refractivity (Wildman–Crippen MR) is 70.8 cm³/mol. The highest BCUT2D eigenvalue weighted by Gasteiger charge is 2.42. The lowest BCUT2D eigenvalue weighted by Crippen LogP contribution is -2.27. The number of hydrogen-bond acceptors (Lipinski definition) is 4. The van der Waals surface area contributed by atoms with Crippen molar-refractivity contribution in [1.82, 2.24) is 10.3 Å². The van der Waals surface area contributed by atoms with E-state index in [1.54, 1.807) is 13.3 Å². The molecule has 7 heteroatoms. The quantitative estimate of drug-likeness (QED) is 0.820. The van der Waals surface area contributed by atoms with Crippen LogP contribution < -0.4 is 5.32 Å². The van der Waals surface area contributed by atoms with Crippen molar-refractivity contribution in [3.8, 4) is 0 Å². The van der Waals surface area contributed by atoms with E-state index in [-0.39, 0.29) is 18.8 Å². The van der Waals surface area contributed by atoms with Gasteiger partial charge in [0.2, 0.25) is 5.89 Å². The molecular formula is C14H21F3N2O2. The summed E-state index contributed by atoms with van der Waals surface area (Å²) in [6.07, 6.45) is -1.05. The van der Waals surface area contributed by atoms with Crippen LogP contribution in [0.1, 0.15) is 43.3 Å². The van der Waals surface area contributed by atoms with E-state index in [2.05, 4.69) is 10.3 Å². The summed E-state index contributed by atoms with van der Waals surface area (Å²) >= 11 is 0. The molecule has 0 unspecified atom stereocenters. The molecular weight excluding hydrogens is 285 g/mol. The van der Waals surface area contributed by atoms with Gasteiger partial charge >= 0.3 is 6.18 Å². The van der Waals surface area contributed by atoms with Gasteiger partial charge in [-0.25, -0.2) is 4.98 Å². The fourth-order valence-electron chi connectivity index (χ4n) is 2.67. The van der Waals surface area contributed by atoms with Gasteiger partial charge in [0, 0.05) is 19.6 Å². The third-order valence-electron chi connectivity index (χ3n) is 3.92. The Labute approximate surface area is 122 Å². The average Bonchev–Trinajstić information content (AvgIpc) is 2.92. The topological polar surface area (TPSA) is 47.3 Å². The predicted octanol–water partition coefficient (Wildman–Crippen LogP) is 3.25. The van der Waals surface area contributed by atoms with E-state index >= 15 is 0 Å². The Hall–Kier alpha value is -1.08. The summed E-state index contributed by atoms with van der Waals surface area (Å²) in [5.41, 5.74) is 0. The van der Waals surface area contributed by atoms with Crippen molar-refractivity contribution in [2.24, 2.45) is 5.92 Å². The van der Waals surface area contributed by atoms with Crippen LogP contribution in [0.25, 0.3) is 0 Å². The Morgan fingerprint density at radius 3 is 2.67 bits per heavy atom. The Bertz CT molecular complexity index is 426. The largest absolute Gasteiger partial charge is 0.444 e. The van der Waals surface area contributed by atoms with Crippen LogP contribution in [0.3, 0.4) is 0 Å². The third-order valence-corrected chi connectivity index (χ3v) is 3.92. The Morgan fingerprint density at radius 2 is 2.05 bits per heavy atom. The minimum atomic E-state index is -4.07. The molecule has 0 radical (unpaired) electrons. The zero-order valence-electron chi connectivity index (χ0n) is 12.1. The van der Waals surface area contributed by atoms with Crippen molar-refractivity contribution in [3.63, 3.8) is 0 Å². The van der Waals surface area contributed by atoms with Gasteiger partial charge in [-0.2, -0.15) is 13.2 Å². The van der Waals surface area contributed by atoms with E-state index in [1.807, 2.05) is 0 Å². The molecule has 1 saturated carbocycles. The summed E-state index contributed by atoms with van der Waals surface area (Å²) in [5.74, 6) is 0.175. The van der Waals surface area contributed by atoms with Gasteiger partial charge in [-0.15, -0.1) is 0 Å². The van der Waals surface area contributed by atoms with Gasteiger partial charge in [0.25, 0.3) is 0 Å². The summed E-state index contributed by atoms with van der Waals surface area (Å²) in [4.78, 5) is 4.16. The molecule has 1 aliphatic rings. The maximum atomic E-state index is 12.6. The fraction of sp³-hybridized carbons (Fsp3) is 0.786. The fourth-order valence-corrected chi connectivity index (χ4v) is 2.67. The number of aromatic nitrogens is 1. The van der Waals surface area contributed by atoms with Gasteiger partial charge in [0.15, 0.2) is 0 Å². The van der Waals surface area contributed by atoms with E-state index in [1.165, 1.54) is 0 Å². The van der Waals surface area contributed by atoms with E-state index in [0.717, 1.165) is 0 Å². The van der Waals surface area contributed by atoms with Gasteiger partial charge in [0.1, 0.15) is 5.76 Å². The van der Waals surface area contributed by atoms with Crippen molar-refractivity contribution in [1.29, 1.82) is 0 Å². The van der Waals surface area contributed by atoms with Gasteiger partial charge < -0.3 is 14.5 Å². The average molecular weight is 306 g/mol. The van der Waals surface area contributed by atoms with Crippen molar-refractivity contribution >= 4 is 0 Å². The van der Waals surface area contributed by atoms with Crippen LogP contribution in [0.4, 0.5) is 13.2 Å². The van der Waals surface area contributed by atoms with Crippen LogP contribution >= 0.6 is 0 Å². The zero-order valence-corrected chi connectivity index (χ0v) is 12.1. The van der Waals surface area contributed by atoms with Crippen LogP contribution in [0.15, 0.2) is 10.6 Å². The van der Waals surface area contributed by atoms with Crippen molar-refractivity contribution in [3.05, 3.63) is 17.8 Å².